The molecule has 0 amide bonds. The molecule has 0 aliphatic heterocycles. The van der Waals surface area contributed by atoms with Gasteiger partial charge in [0, 0.05) is 5.75 Å². The van der Waals surface area contributed by atoms with E-state index in [1.165, 1.54) is 29.6 Å². The number of hydrogen-bond donors (Lipinski definition) is 1. The van der Waals surface area contributed by atoms with E-state index in [1.807, 2.05) is 11.4 Å². The third-order valence-electron chi connectivity index (χ3n) is 3.56. The van der Waals surface area contributed by atoms with Gasteiger partial charge in [-0.1, -0.05) is 11.8 Å². The van der Waals surface area contributed by atoms with Gasteiger partial charge in [0.2, 0.25) is 0 Å². The monoisotopic (exact) mass is 332 g/mol. The number of esters is 1. The maximum Gasteiger partial charge on any atom is 0.348 e. The van der Waals surface area contributed by atoms with Crippen molar-refractivity contribution in [1.82, 2.24) is 9.97 Å². The lowest BCUT2D eigenvalue weighted by molar-refractivity contribution is 0.0605. The summed E-state index contributed by atoms with van der Waals surface area (Å²) in [6.45, 7) is 4.18. The number of thioether (sulfide) groups is 1. The molecule has 114 valence electrons. The summed E-state index contributed by atoms with van der Waals surface area (Å²) in [6.07, 6.45) is 0. The molecule has 6 heteroatoms. The fraction of sp³-hybridized carbons (Fsp3) is 0.250. The predicted octanol–water partition coefficient (Wildman–Crippen LogP) is 4.32. The van der Waals surface area contributed by atoms with E-state index in [4.69, 9.17) is 4.74 Å². The number of rotatable bonds is 4. The van der Waals surface area contributed by atoms with Crippen molar-refractivity contribution in [2.24, 2.45) is 0 Å². The standard InChI is InChI=1S/C16H16N2O2S2/c1-9-6-12-13(7-10(9)2)18-16(17-12)22-8-11-4-5-21-14(11)15(19)20-3/h4-7H,8H2,1-3H3,(H,17,18). The van der Waals surface area contributed by atoms with Gasteiger partial charge in [0.05, 0.1) is 18.1 Å². The average Bonchev–Trinajstić information content (AvgIpc) is 3.11. The molecular weight excluding hydrogens is 316 g/mol. The van der Waals surface area contributed by atoms with E-state index in [-0.39, 0.29) is 5.97 Å². The van der Waals surface area contributed by atoms with Crippen LogP contribution in [-0.4, -0.2) is 23.0 Å². The fourth-order valence-electron chi connectivity index (χ4n) is 2.18. The Balaban J connectivity index is 1.80. The summed E-state index contributed by atoms with van der Waals surface area (Å²) in [6, 6.07) is 6.17. The van der Waals surface area contributed by atoms with Crippen molar-refractivity contribution in [2.45, 2.75) is 24.8 Å². The van der Waals surface area contributed by atoms with Gasteiger partial charge in [0.25, 0.3) is 0 Å². The van der Waals surface area contributed by atoms with Gasteiger partial charge >= 0.3 is 5.97 Å². The number of H-pyrrole nitrogens is 1. The van der Waals surface area contributed by atoms with Crippen LogP contribution >= 0.6 is 23.1 Å². The van der Waals surface area contributed by atoms with Crippen LogP contribution in [0, 0.1) is 13.8 Å². The van der Waals surface area contributed by atoms with E-state index in [0.717, 1.165) is 21.8 Å². The van der Waals surface area contributed by atoms with Gasteiger partial charge in [-0.25, -0.2) is 9.78 Å². The Morgan fingerprint density at radius 2 is 2.14 bits per heavy atom. The molecule has 1 aromatic carbocycles. The highest BCUT2D eigenvalue weighted by molar-refractivity contribution is 7.98. The summed E-state index contributed by atoms with van der Waals surface area (Å²) in [5, 5.41) is 2.77. The Labute approximate surface area is 136 Å². The second-order valence-electron chi connectivity index (χ2n) is 5.05. The van der Waals surface area contributed by atoms with Crippen LogP contribution in [0.3, 0.4) is 0 Å². The van der Waals surface area contributed by atoms with Crippen LogP contribution in [0.4, 0.5) is 0 Å². The number of fused-ring (bicyclic) bond motifs is 1. The molecule has 3 rings (SSSR count). The molecule has 3 aromatic rings. The first-order valence-corrected chi connectivity index (χ1v) is 8.69. The van der Waals surface area contributed by atoms with Crippen LogP contribution in [0.2, 0.25) is 0 Å². The molecule has 4 nitrogen and oxygen atoms in total. The van der Waals surface area contributed by atoms with Crippen molar-refractivity contribution in [3.8, 4) is 0 Å². The maximum atomic E-state index is 11.7. The zero-order valence-corrected chi connectivity index (χ0v) is 14.2. The highest BCUT2D eigenvalue weighted by Gasteiger charge is 2.14. The number of benzene rings is 1. The fourth-order valence-corrected chi connectivity index (χ4v) is 3.99. The van der Waals surface area contributed by atoms with Gasteiger partial charge in [0.1, 0.15) is 4.88 Å². The second kappa shape index (κ2) is 6.14. The summed E-state index contributed by atoms with van der Waals surface area (Å²) >= 11 is 3.00. The minimum atomic E-state index is -0.276. The molecule has 2 aromatic heterocycles. The number of carbonyl (C=O) groups is 1. The molecule has 0 atom stereocenters. The number of aryl methyl sites for hydroxylation is 2. The molecule has 0 unspecified atom stereocenters. The van der Waals surface area contributed by atoms with E-state index in [2.05, 4.69) is 35.9 Å². The number of nitrogens with one attached hydrogen (secondary N) is 1. The van der Waals surface area contributed by atoms with E-state index < -0.39 is 0 Å². The molecule has 0 radical (unpaired) electrons. The number of aromatic amines is 1. The third kappa shape index (κ3) is 2.89. The largest absolute Gasteiger partial charge is 0.465 e. The van der Waals surface area contributed by atoms with Crippen molar-refractivity contribution in [3.63, 3.8) is 0 Å². The lowest BCUT2D eigenvalue weighted by atomic mass is 10.1. The van der Waals surface area contributed by atoms with Crippen molar-refractivity contribution in [1.29, 1.82) is 0 Å². The second-order valence-corrected chi connectivity index (χ2v) is 6.93. The molecule has 0 aliphatic carbocycles. The number of aromatic nitrogens is 2. The molecular formula is C16H16N2O2S2. The van der Waals surface area contributed by atoms with Crippen LogP contribution in [-0.2, 0) is 10.5 Å². The van der Waals surface area contributed by atoms with Gasteiger partial charge < -0.3 is 9.72 Å². The molecule has 0 aliphatic rings. The zero-order chi connectivity index (χ0) is 15.7. The number of imidazole rings is 1. The highest BCUT2D eigenvalue weighted by Crippen LogP contribution is 2.28. The molecule has 0 saturated heterocycles. The van der Waals surface area contributed by atoms with E-state index in [0.29, 0.717) is 10.6 Å². The third-order valence-corrected chi connectivity index (χ3v) is 5.42. The van der Waals surface area contributed by atoms with Gasteiger partial charge in [-0.05, 0) is 54.1 Å². The first-order valence-electron chi connectivity index (χ1n) is 6.83. The Hall–Kier alpha value is -1.79. The molecule has 0 bridgehead atoms. The molecule has 1 N–H and O–H groups in total. The molecule has 22 heavy (non-hydrogen) atoms. The van der Waals surface area contributed by atoms with Crippen LogP contribution in [0.15, 0.2) is 28.7 Å². The summed E-state index contributed by atoms with van der Waals surface area (Å²) in [7, 11) is 1.41. The Kier molecular flexibility index (Phi) is 4.22. The van der Waals surface area contributed by atoms with Gasteiger partial charge in [0.15, 0.2) is 5.16 Å². The Bertz CT molecular complexity index is 797. The van der Waals surface area contributed by atoms with Crippen molar-refractivity contribution in [3.05, 3.63) is 45.1 Å². The van der Waals surface area contributed by atoms with Crippen molar-refractivity contribution in [2.75, 3.05) is 7.11 Å². The normalized spacial score (nSPS) is 11.0. The molecule has 0 spiro atoms. The number of methoxy groups -OCH3 is 1. The molecule has 2 heterocycles. The highest BCUT2D eigenvalue weighted by atomic mass is 32.2. The Morgan fingerprint density at radius 1 is 1.36 bits per heavy atom. The van der Waals surface area contributed by atoms with E-state index in [9.17, 15) is 4.79 Å². The summed E-state index contributed by atoms with van der Waals surface area (Å²) in [5.41, 5.74) is 5.49. The van der Waals surface area contributed by atoms with Gasteiger partial charge in [-0.3, -0.25) is 0 Å². The number of nitrogens with zero attached hydrogens (tertiary/aromatic N) is 1. The minimum Gasteiger partial charge on any atom is -0.465 e. The SMILES string of the molecule is COC(=O)c1sccc1CSc1nc2cc(C)c(C)cc2[nH]1. The topological polar surface area (TPSA) is 55.0 Å². The number of thiophene rings is 1. The van der Waals surface area contributed by atoms with Crippen LogP contribution in [0.25, 0.3) is 11.0 Å². The van der Waals surface area contributed by atoms with Crippen LogP contribution in [0.5, 0.6) is 0 Å². The first-order chi connectivity index (χ1) is 10.6. The van der Waals surface area contributed by atoms with Crippen LogP contribution in [0.1, 0.15) is 26.4 Å². The zero-order valence-electron chi connectivity index (χ0n) is 12.6. The summed E-state index contributed by atoms with van der Waals surface area (Å²) in [4.78, 5) is 20.3. The average molecular weight is 332 g/mol. The Morgan fingerprint density at radius 3 is 2.91 bits per heavy atom. The lowest BCUT2D eigenvalue weighted by Crippen LogP contribution is -2.01. The van der Waals surface area contributed by atoms with Gasteiger partial charge in [-0.2, -0.15) is 0 Å². The lowest BCUT2D eigenvalue weighted by Gasteiger charge is -2.00. The minimum absolute atomic E-state index is 0.276. The summed E-state index contributed by atoms with van der Waals surface area (Å²) in [5.74, 6) is 0.410. The molecule has 0 saturated carbocycles. The van der Waals surface area contributed by atoms with Crippen LogP contribution < -0.4 is 0 Å². The quantitative estimate of drug-likeness (QED) is 0.571. The predicted molar refractivity (Wildman–Crippen MR) is 90.8 cm³/mol. The number of carbonyl (C=O) groups excluding carboxylic acids is 1. The smallest absolute Gasteiger partial charge is 0.348 e. The number of hydrogen-bond acceptors (Lipinski definition) is 5. The van der Waals surface area contributed by atoms with E-state index >= 15 is 0 Å². The van der Waals surface area contributed by atoms with Crippen molar-refractivity contribution >= 4 is 40.1 Å². The molecule has 0 fully saturated rings. The maximum absolute atomic E-state index is 11.7. The van der Waals surface area contributed by atoms with Gasteiger partial charge in [-0.15, -0.1) is 11.3 Å². The van der Waals surface area contributed by atoms with E-state index in [1.54, 1.807) is 11.8 Å². The van der Waals surface area contributed by atoms with Crippen molar-refractivity contribution < 1.29 is 9.53 Å². The first kappa shape index (κ1) is 15.1. The summed E-state index contributed by atoms with van der Waals surface area (Å²) < 4.78 is 4.80. The number of ether oxygens (including phenoxy) is 1.